The fraction of sp³-hybridized carbons (Fsp3) is 0.556. The topological polar surface area (TPSA) is 75.6 Å². The summed E-state index contributed by atoms with van der Waals surface area (Å²) in [5.74, 6) is 2.57. The van der Waals surface area contributed by atoms with Crippen molar-refractivity contribution in [1.82, 2.24) is 25.3 Å². The van der Waals surface area contributed by atoms with Gasteiger partial charge in [-0.05, 0) is 19.8 Å². The molecule has 6 nitrogen and oxygen atoms in total. The molecule has 6 heteroatoms. The van der Waals surface area contributed by atoms with Gasteiger partial charge in [0, 0.05) is 55.6 Å². The third-order valence-electron chi connectivity index (χ3n) is 4.94. The molecule has 2 aromatic rings. The van der Waals surface area contributed by atoms with Gasteiger partial charge in [0.05, 0.1) is 11.4 Å². The second-order valence-corrected chi connectivity index (χ2v) is 6.89. The molecule has 2 N–H and O–H groups in total. The molecule has 1 aliphatic carbocycles. The molecule has 0 saturated heterocycles. The molecule has 1 atom stereocenters. The first kappa shape index (κ1) is 15.4. The summed E-state index contributed by atoms with van der Waals surface area (Å²) in [6.45, 7) is 3.87. The van der Waals surface area contributed by atoms with Crippen LogP contribution >= 0.6 is 0 Å². The van der Waals surface area contributed by atoms with Gasteiger partial charge in [0.2, 0.25) is 0 Å². The van der Waals surface area contributed by atoms with Crippen LogP contribution in [0.4, 0.5) is 5.82 Å². The Labute approximate surface area is 142 Å². The van der Waals surface area contributed by atoms with Crippen molar-refractivity contribution in [2.45, 2.75) is 64.1 Å². The molecule has 1 unspecified atom stereocenters. The largest absolute Gasteiger partial charge is 0.367 e. The van der Waals surface area contributed by atoms with Crippen LogP contribution in [0.1, 0.15) is 61.3 Å². The predicted molar refractivity (Wildman–Crippen MR) is 92.6 cm³/mol. The number of rotatable bonds is 5. The smallest absolute Gasteiger partial charge is 0.134 e. The highest BCUT2D eigenvalue weighted by molar-refractivity contribution is 5.49. The van der Waals surface area contributed by atoms with E-state index in [1.54, 1.807) is 12.4 Å². The molecule has 0 aromatic carbocycles. The third kappa shape index (κ3) is 3.24. The summed E-state index contributed by atoms with van der Waals surface area (Å²) in [4.78, 5) is 18.3. The first-order chi connectivity index (χ1) is 11.8. The standard InChI is InChI=1S/C18H24N6/c1-12(8-14-9-19-6-7-21-14)22-18-15-10-20-11-16(15)23-17(24-18)13-4-2-3-5-13/h6-7,9,12-13,20H,2-5,8,10-11H2,1H3,(H,22,23,24). The molecule has 4 rings (SSSR count). The maximum atomic E-state index is 4.91. The maximum absolute atomic E-state index is 4.91. The predicted octanol–water partition coefficient (Wildman–Crippen LogP) is 2.57. The van der Waals surface area contributed by atoms with E-state index in [0.717, 1.165) is 36.8 Å². The molecular weight excluding hydrogens is 300 g/mol. The molecular formula is C18H24N6. The van der Waals surface area contributed by atoms with Crippen molar-refractivity contribution in [1.29, 1.82) is 0 Å². The van der Waals surface area contributed by atoms with E-state index in [9.17, 15) is 0 Å². The lowest BCUT2D eigenvalue weighted by Gasteiger charge is -2.18. The first-order valence-corrected chi connectivity index (χ1v) is 8.91. The van der Waals surface area contributed by atoms with Gasteiger partial charge in [0.25, 0.3) is 0 Å². The van der Waals surface area contributed by atoms with Crippen LogP contribution in [0.5, 0.6) is 0 Å². The van der Waals surface area contributed by atoms with E-state index in [-0.39, 0.29) is 6.04 Å². The lowest BCUT2D eigenvalue weighted by atomic mass is 10.1. The Balaban J connectivity index is 1.55. The summed E-state index contributed by atoms with van der Waals surface area (Å²) < 4.78 is 0. The van der Waals surface area contributed by atoms with Crippen LogP contribution in [0.25, 0.3) is 0 Å². The van der Waals surface area contributed by atoms with Gasteiger partial charge in [-0.1, -0.05) is 12.8 Å². The van der Waals surface area contributed by atoms with E-state index >= 15 is 0 Å². The van der Waals surface area contributed by atoms with E-state index in [1.165, 1.54) is 36.9 Å². The Hall–Kier alpha value is -2.08. The highest BCUT2D eigenvalue weighted by Gasteiger charge is 2.25. The van der Waals surface area contributed by atoms with Gasteiger partial charge < -0.3 is 10.6 Å². The zero-order valence-electron chi connectivity index (χ0n) is 14.1. The van der Waals surface area contributed by atoms with Gasteiger partial charge >= 0.3 is 0 Å². The Kier molecular flexibility index (Phi) is 4.38. The van der Waals surface area contributed by atoms with Crippen LogP contribution < -0.4 is 10.6 Å². The summed E-state index contributed by atoms with van der Waals surface area (Å²) in [5.41, 5.74) is 3.39. The fourth-order valence-corrected chi connectivity index (χ4v) is 3.71. The molecule has 0 bridgehead atoms. The number of nitrogens with zero attached hydrogens (tertiary/aromatic N) is 4. The van der Waals surface area contributed by atoms with Gasteiger partial charge in [0.1, 0.15) is 11.6 Å². The lowest BCUT2D eigenvalue weighted by molar-refractivity contribution is 0.658. The van der Waals surface area contributed by atoms with Crippen molar-refractivity contribution >= 4 is 5.82 Å². The Morgan fingerprint density at radius 2 is 2.08 bits per heavy atom. The van der Waals surface area contributed by atoms with Crippen LogP contribution in [0.2, 0.25) is 0 Å². The van der Waals surface area contributed by atoms with Gasteiger partial charge in [0.15, 0.2) is 0 Å². The Bertz CT molecular complexity index is 696. The number of hydrogen-bond donors (Lipinski definition) is 2. The number of aromatic nitrogens is 4. The minimum absolute atomic E-state index is 0.248. The zero-order chi connectivity index (χ0) is 16.4. The van der Waals surface area contributed by atoms with Crippen molar-refractivity contribution < 1.29 is 0 Å². The van der Waals surface area contributed by atoms with E-state index < -0.39 is 0 Å². The molecule has 126 valence electrons. The molecule has 2 aliphatic rings. The van der Waals surface area contributed by atoms with Crippen molar-refractivity contribution in [2.24, 2.45) is 0 Å². The molecule has 0 amide bonds. The van der Waals surface area contributed by atoms with Gasteiger partial charge in [-0.25, -0.2) is 9.97 Å². The quantitative estimate of drug-likeness (QED) is 0.880. The SMILES string of the molecule is CC(Cc1cnccn1)Nc1nc(C2CCCC2)nc2c1CNC2. The monoisotopic (exact) mass is 324 g/mol. The molecule has 24 heavy (non-hydrogen) atoms. The number of anilines is 1. The van der Waals surface area contributed by atoms with E-state index in [4.69, 9.17) is 9.97 Å². The highest BCUT2D eigenvalue weighted by Crippen LogP contribution is 2.34. The van der Waals surface area contributed by atoms with Crippen molar-refractivity contribution in [3.8, 4) is 0 Å². The summed E-state index contributed by atoms with van der Waals surface area (Å²) in [5, 5.41) is 7.00. The molecule has 2 aromatic heterocycles. The van der Waals surface area contributed by atoms with E-state index in [1.807, 2.05) is 6.20 Å². The zero-order valence-corrected chi connectivity index (χ0v) is 14.1. The van der Waals surface area contributed by atoms with Crippen molar-refractivity contribution in [2.75, 3.05) is 5.32 Å². The average Bonchev–Trinajstić information content (AvgIpc) is 3.27. The van der Waals surface area contributed by atoms with Crippen molar-refractivity contribution in [3.63, 3.8) is 0 Å². The molecule has 1 fully saturated rings. The minimum atomic E-state index is 0.248. The maximum Gasteiger partial charge on any atom is 0.134 e. The van der Waals surface area contributed by atoms with Gasteiger partial charge in [-0.3, -0.25) is 9.97 Å². The number of hydrogen-bond acceptors (Lipinski definition) is 6. The number of fused-ring (bicyclic) bond motifs is 1. The Morgan fingerprint density at radius 1 is 1.21 bits per heavy atom. The fourth-order valence-electron chi connectivity index (χ4n) is 3.71. The second kappa shape index (κ2) is 6.81. The van der Waals surface area contributed by atoms with Crippen LogP contribution in [0.15, 0.2) is 18.6 Å². The molecule has 1 aliphatic heterocycles. The average molecular weight is 324 g/mol. The highest BCUT2D eigenvalue weighted by atomic mass is 15.1. The lowest BCUT2D eigenvalue weighted by Crippen LogP contribution is -2.22. The summed E-state index contributed by atoms with van der Waals surface area (Å²) in [6, 6.07) is 0.248. The van der Waals surface area contributed by atoms with Crippen LogP contribution in [-0.4, -0.2) is 26.0 Å². The summed E-state index contributed by atoms with van der Waals surface area (Å²) >= 11 is 0. The third-order valence-corrected chi connectivity index (χ3v) is 4.94. The van der Waals surface area contributed by atoms with Crippen molar-refractivity contribution in [3.05, 3.63) is 41.4 Å². The van der Waals surface area contributed by atoms with Crippen LogP contribution in [0, 0.1) is 0 Å². The molecule has 3 heterocycles. The van der Waals surface area contributed by atoms with Gasteiger partial charge in [-0.2, -0.15) is 0 Å². The Morgan fingerprint density at radius 3 is 2.88 bits per heavy atom. The summed E-state index contributed by atoms with van der Waals surface area (Å²) in [6.07, 6.45) is 11.2. The number of nitrogens with one attached hydrogen (secondary N) is 2. The first-order valence-electron chi connectivity index (χ1n) is 8.91. The van der Waals surface area contributed by atoms with E-state index in [0.29, 0.717) is 5.92 Å². The van der Waals surface area contributed by atoms with Gasteiger partial charge in [-0.15, -0.1) is 0 Å². The molecule has 1 saturated carbocycles. The molecule has 0 spiro atoms. The summed E-state index contributed by atoms with van der Waals surface area (Å²) in [7, 11) is 0. The van der Waals surface area contributed by atoms with Crippen LogP contribution in [-0.2, 0) is 19.5 Å². The second-order valence-electron chi connectivity index (χ2n) is 6.89. The van der Waals surface area contributed by atoms with E-state index in [2.05, 4.69) is 27.5 Å². The molecule has 0 radical (unpaired) electrons. The van der Waals surface area contributed by atoms with Crippen LogP contribution in [0.3, 0.4) is 0 Å². The minimum Gasteiger partial charge on any atom is -0.367 e. The normalized spacial score (nSPS) is 18.5.